The largest absolute Gasteiger partial charge is 0.417 e. The number of carbonyl (C=O) groups excluding carboxylic acids is 1. The first kappa shape index (κ1) is 16.7. The third-order valence-corrected chi connectivity index (χ3v) is 3.63. The molecule has 3 aromatic rings. The fourth-order valence-corrected chi connectivity index (χ4v) is 2.50. The summed E-state index contributed by atoms with van der Waals surface area (Å²) in [5.74, 6) is -0.159. The number of nitrogens with one attached hydrogen (secondary N) is 1. The van der Waals surface area contributed by atoms with Crippen LogP contribution in [0.4, 0.5) is 14.9 Å². The number of para-hydroxylation sites is 2. The van der Waals surface area contributed by atoms with Gasteiger partial charge >= 0.3 is 6.09 Å². The Balaban J connectivity index is 1.81. The summed E-state index contributed by atoms with van der Waals surface area (Å²) in [6.07, 6.45) is 2.30. The maximum Gasteiger partial charge on any atom is 0.417 e. The van der Waals surface area contributed by atoms with Crippen molar-refractivity contribution in [2.45, 2.75) is 19.8 Å². The van der Waals surface area contributed by atoms with Gasteiger partial charge in [0, 0.05) is 0 Å². The van der Waals surface area contributed by atoms with Crippen LogP contribution >= 0.6 is 0 Å². The third-order valence-electron chi connectivity index (χ3n) is 3.63. The molecule has 0 unspecified atom stereocenters. The van der Waals surface area contributed by atoms with Crippen molar-refractivity contribution < 1.29 is 13.9 Å². The van der Waals surface area contributed by atoms with E-state index in [9.17, 15) is 9.18 Å². The summed E-state index contributed by atoms with van der Waals surface area (Å²) < 4.78 is 20.7. The SMILES string of the molecule is CCCc1c(OC(=O)Nc2ccccc2F)cnn1-c1ccccc1. The topological polar surface area (TPSA) is 56.1 Å². The number of anilines is 1. The highest BCUT2D eigenvalue weighted by molar-refractivity contribution is 5.86. The first-order valence-corrected chi connectivity index (χ1v) is 8.04. The van der Waals surface area contributed by atoms with Crippen molar-refractivity contribution in [2.24, 2.45) is 0 Å². The standard InChI is InChI=1S/C19H18FN3O2/c1-2-8-17-18(13-21-23(17)14-9-4-3-5-10-14)25-19(24)22-16-12-7-6-11-15(16)20/h3-7,9-13H,2,8H2,1H3,(H,22,24). The Morgan fingerprint density at radius 3 is 2.60 bits per heavy atom. The second kappa shape index (κ2) is 7.61. The number of aromatic nitrogens is 2. The minimum Gasteiger partial charge on any atom is -0.406 e. The molecule has 2 aromatic carbocycles. The van der Waals surface area contributed by atoms with E-state index in [1.165, 1.54) is 18.3 Å². The number of carbonyl (C=O) groups is 1. The van der Waals surface area contributed by atoms with Crippen LogP contribution in [0.3, 0.4) is 0 Å². The molecule has 6 heteroatoms. The minimum absolute atomic E-state index is 0.0694. The van der Waals surface area contributed by atoms with Gasteiger partial charge in [-0.1, -0.05) is 43.7 Å². The molecule has 0 aliphatic rings. The highest BCUT2D eigenvalue weighted by Gasteiger charge is 2.16. The average molecular weight is 339 g/mol. The van der Waals surface area contributed by atoms with Gasteiger partial charge in [0.15, 0.2) is 5.75 Å². The number of benzene rings is 2. The van der Waals surface area contributed by atoms with Gasteiger partial charge in [-0.3, -0.25) is 5.32 Å². The van der Waals surface area contributed by atoms with E-state index in [0.717, 1.165) is 17.8 Å². The lowest BCUT2D eigenvalue weighted by molar-refractivity contribution is 0.214. The van der Waals surface area contributed by atoms with Gasteiger partial charge in [-0.25, -0.2) is 13.9 Å². The average Bonchev–Trinajstić information content (AvgIpc) is 3.00. The molecule has 0 fully saturated rings. The lowest BCUT2D eigenvalue weighted by atomic mass is 10.2. The van der Waals surface area contributed by atoms with E-state index in [0.29, 0.717) is 12.2 Å². The Bertz CT molecular complexity index is 862. The molecule has 3 rings (SSSR count). The quantitative estimate of drug-likeness (QED) is 0.740. The fourth-order valence-electron chi connectivity index (χ4n) is 2.50. The smallest absolute Gasteiger partial charge is 0.406 e. The molecule has 128 valence electrons. The van der Waals surface area contributed by atoms with E-state index in [1.807, 2.05) is 37.3 Å². The van der Waals surface area contributed by atoms with Gasteiger partial charge in [0.25, 0.3) is 0 Å². The Morgan fingerprint density at radius 2 is 1.88 bits per heavy atom. The summed E-state index contributed by atoms with van der Waals surface area (Å²) in [5.41, 5.74) is 1.74. The van der Waals surface area contributed by atoms with Crippen LogP contribution in [0.15, 0.2) is 60.8 Å². The molecule has 0 saturated carbocycles. The minimum atomic E-state index is -0.755. The van der Waals surface area contributed by atoms with E-state index in [2.05, 4.69) is 10.4 Å². The van der Waals surface area contributed by atoms with Crippen LogP contribution in [0.5, 0.6) is 5.75 Å². The molecule has 0 saturated heterocycles. The Kier molecular flexibility index (Phi) is 5.09. The van der Waals surface area contributed by atoms with E-state index in [-0.39, 0.29) is 5.69 Å². The first-order valence-electron chi connectivity index (χ1n) is 8.04. The molecule has 0 aliphatic heterocycles. The molecular weight excluding hydrogens is 321 g/mol. The monoisotopic (exact) mass is 339 g/mol. The number of halogens is 1. The summed E-state index contributed by atoms with van der Waals surface area (Å²) in [5, 5.41) is 6.72. The lowest BCUT2D eigenvalue weighted by Gasteiger charge is -2.10. The first-order chi connectivity index (χ1) is 12.2. The van der Waals surface area contributed by atoms with Crippen molar-refractivity contribution in [3.63, 3.8) is 0 Å². The Morgan fingerprint density at radius 1 is 1.16 bits per heavy atom. The Hall–Kier alpha value is -3.15. The van der Waals surface area contributed by atoms with Crippen molar-refractivity contribution in [3.05, 3.63) is 72.3 Å². The van der Waals surface area contributed by atoms with Gasteiger partial charge in [0.2, 0.25) is 0 Å². The molecule has 0 aliphatic carbocycles. The van der Waals surface area contributed by atoms with Crippen molar-refractivity contribution in [1.82, 2.24) is 9.78 Å². The van der Waals surface area contributed by atoms with Crippen molar-refractivity contribution >= 4 is 11.8 Å². The number of rotatable bonds is 5. The molecule has 1 aromatic heterocycles. The maximum absolute atomic E-state index is 13.6. The summed E-state index contributed by atoms with van der Waals surface area (Å²) in [4.78, 5) is 12.1. The zero-order valence-corrected chi connectivity index (χ0v) is 13.8. The predicted octanol–water partition coefficient (Wildman–Crippen LogP) is 4.57. The third kappa shape index (κ3) is 3.85. The van der Waals surface area contributed by atoms with Gasteiger partial charge in [-0.15, -0.1) is 0 Å². The molecule has 0 spiro atoms. The number of hydrogen-bond donors (Lipinski definition) is 1. The van der Waals surface area contributed by atoms with Gasteiger partial charge in [-0.2, -0.15) is 5.10 Å². The number of ether oxygens (including phenoxy) is 1. The number of nitrogens with zero attached hydrogens (tertiary/aromatic N) is 2. The van der Waals surface area contributed by atoms with Crippen LogP contribution in [-0.4, -0.2) is 15.9 Å². The molecular formula is C19H18FN3O2. The van der Waals surface area contributed by atoms with Gasteiger partial charge in [0.05, 0.1) is 23.3 Å². The van der Waals surface area contributed by atoms with Crippen molar-refractivity contribution in [3.8, 4) is 11.4 Å². The zero-order valence-electron chi connectivity index (χ0n) is 13.8. The van der Waals surface area contributed by atoms with Crippen LogP contribution in [0.25, 0.3) is 5.69 Å². The molecule has 5 nitrogen and oxygen atoms in total. The summed E-state index contributed by atoms with van der Waals surface area (Å²) in [6, 6.07) is 15.5. The van der Waals surface area contributed by atoms with Gasteiger partial charge in [0.1, 0.15) is 5.82 Å². The second-order valence-electron chi connectivity index (χ2n) is 5.45. The molecule has 0 bridgehead atoms. The van der Waals surface area contributed by atoms with Crippen LogP contribution < -0.4 is 10.1 Å². The highest BCUT2D eigenvalue weighted by atomic mass is 19.1. The highest BCUT2D eigenvalue weighted by Crippen LogP contribution is 2.24. The maximum atomic E-state index is 13.6. The van der Waals surface area contributed by atoms with Crippen LogP contribution in [0.1, 0.15) is 19.0 Å². The summed E-state index contributed by atoms with van der Waals surface area (Å²) in [6.45, 7) is 2.03. The fraction of sp³-hybridized carbons (Fsp3) is 0.158. The number of hydrogen-bond acceptors (Lipinski definition) is 3. The van der Waals surface area contributed by atoms with Gasteiger partial charge in [-0.05, 0) is 30.7 Å². The second-order valence-corrected chi connectivity index (χ2v) is 5.45. The van der Waals surface area contributed by atoms with Crippen LogP contribution in [0.2, 0.25) is 0 Å². The van der Waals surface area contributed by atoms with Crippen molar-refractivity contribution in [2.75, 3.05) is 5.32 Å². The molecule has 1 N–H and O–H groups in total. The zero-order chi connectivity index (χ0) is 17.6. The molecule has 25 heavy (non-hydrogen) atoms. The van der Waals surface area contributed by atoms with E-state index >= 15 is 0 Å². The summed E-state index contributed by atoms with van der Waals surface area (Å²) in [7, 11) is 0. The Labute approximate surface area is 145 Å². The van der Waals surface area contributed by atoms with Gasteiger partial charge < -0.3 is 4.74 Å². The molecule has 1 amide bonds. The predicted molar refractivity (Wildman–Crippen MR) is 93.6 cm³/mol. The van der Waals surface area contributed by atoms with E-state index < -0.39 is 11.9 Å². The lowest BCUT2D eigenvalue weighted by Crippen LogP contribution is -2.18. The molecule has 1 heterocycles. The van der Waals surface area contributed by atoms with Crippen LogP contribution in [-0.2, 0) is 6.42 Å². The number of amides is 1. The van der Waals surface area contributed by atoms with Crippen LogP contribution in [0, 0.1) is 5.82 Å². The normalized spacial score (nSPS) is 10.5. The van der Waals surface area contributed by atoms with Crippen molar-refractivity contribution in [1.29, 1.82) is 0 Å². The van der Waals surface area contributed by atoms with E-state index in [4.69, 9.17) is 4.74 Å². The van der Waals surface area contributed by atoms with E-state index in [1.54, 1.807) is 16.8 Å². The summed E-state index contributed by atoms with van der Waals surface area (Å²) >= 11 is 0. The molecule has 0 radical (unpaired) electrons. The molecule has 0 atom stereocenters.